The molecule has 0 aliphatic rings. The van der Waals surface area contributed by atoms with Crippen LogP contribution in [0.2, 0.25) is 0 Å². The first kappa shape index (κ1) is 32.1. The van der Waals surface area contributed by atoms with Gasteiger partial charge in [0.15, 0.2) is 0 Å². The number of halogens is 2. The largest absolute Gasteiger partial charge is 0.390 e. The van der Waals surface area contributed by atoms with Crippen LogP contribution in [0, 0.1) is 11.6 Å². The summed E-state index contributed by atoms with van der Waals surface area (Å²) in [5.74, 6) is -2.04. The van der Waals surface area contributed by atoms with Gasteiger partial charge in [-0.2, -0.15) is 0 Å². The van der Waals surface area contributed by atoms with Crippen LogP contribution in [-0.4, -0.2) is 64.6 Å². The minimum absolute atomic E-state index is 0.0223. The molecule has 0 aliphatic heterocycles. The summed E-state index contributed by atoms with van der Waals surface area (Å²) < 4.78 is 58.3. The molecule has 2 unspecified atom stereocenters. The highest BCUT2D eigenvalue weighted by Gasteiger charge is 2.24. The number of amides is 1. The number of nitrogens with zero attached hydrogens (tertiary/aromatic N) is 1. The Hall–Kier alpha value is -3.38. The fourth-order valence-electron chi connectivity index (χ4n) is 4.42. The second-order valence-electron chi connectivity index (χ2n) is 9.81. The number of hydrogen-bond donors (Lipinski definition) is 3. The highest BCUT2D eigenvalue weighted by atomic mass is 32.2. The molecular weight excluding hydrogens is 552 g/mol. The second kappa shape index (κ2) is 15.0. The third-order valence-electron chi connectivity index (χ3n) is 6.56. The van der Waals surface area contributed by atoms with E-state index < -0.39 is 39.7 Å². The molecule has 0 radical (unpaired) electrons. The summed E-state index contributed by atoms with van der Waals surface area (Å²) in [6, 6.07) is 16.2. The zero-order chi connectivity index (χ0) is 30.0. The molecule has 3 N–H and O–H groups in total. The van der Waals surface area contributed by atoms with Crippen molar-refractivity contribution in [3.05, 3.63) is 101 Å². The Morgan fingerprint density at radius 2 is 1.66 bits per heavy atom. The van der Waals surface area contributed by atoms with Crippen LogP contribution in [0.25, 0.3) is 0 Å². The number of aryl methyl sites for hydroxylation is 1. The summed E-state index contributed by atoms with van der Waals surface area (Å²) in [7, 11) is -2.11. The first-order valence-electron chi connectivity index (χ1n) is 13.3. The summed E-state index contributed by atoms with van der Waals surface area (Å²) in [5.41, 5.74) is 3.09. The van der Waals surface area contributed by atoms with Crippen molar-refractivity contribution in [1.82, 2.24) is 10.6 Å². The third kappa shape index (κ3) is 9.89. The standard InChI is InChI=1S/C30H37F2N3O5S/c1-4-21-6-5-7-22(14-21)19-33-20-29(36)28(17-23-15-25(31)18-26(32)16-23)34-30(37)24-8-10-27(11-9-24)35(12-13-40-2)41(3,38)39/h5-11,14-16,18,28-29,33,36H,4,12-13,17,19-20H2,1-3H3,(H,34,37). The van der Waals surface area contributed by atoms with Crippen LogP contribution in [-0.2, 0) is 34.1 Å². The molecule has 0 saturated heterocycles. The topological polar surface area (TPSA) is 108 Å². The van der Waals surface area contributed by atoms with Crippen molar-refractivity contribution in [3.63, 3.8) is 0 Å². The van der Waals surface area contributed by atoms with Gasteiger partial charge in [0.05, 0.1) is 37.2 Å². The first-order chi connectivity index (χ1) is 19.5. The van der Waals surface area contributed by atoms with Gasteiger partial charge in [-0.15, -0.1) is 0 Å². The third-order valence-corrected chi connectivity index (χ3v) is 7.75. The van der Waals surface area contributed by atoms with E-state index in [9.17, 15) is 27.1 Å². The zero-order valence-corrected chi connectivity index (χ0v) is 24.3. The number of carbonyl (C=O) groups excluding carboxylic acids is 1. The second-order valence-corrected chi connectivity index (χ2v) is 11.7. The summed E-state index contributed by atoms with van der Waals surface area (Å²) in [6.45, 7) is 2.96. The van der Waals surface area contributed by atoms with Crippen molar-refractivity contribution < 1.29 is 31.8 Å². The molecule has 0 aromatic heterocycles. The van der Waals surface area contributed by atoms with E-state index in [2.05, 4.69) is 23.6 Å². The number of carbonyl (C=O) groups is 1. The molecule has 3 aromatic carbocycles. The Morgan fingerprint density at radius 3 is 2.27 bits per heavy atom. The Morgan fingerprint density at radius 1 is 1.00 bits per heavy atom. The van der Waals surface area contributed by atoms with Crippen molar-refractivity contribution in [2.75, 3.05) is 37.4 Å². The highest BCUT2D eigenvalue weighted by Crippen LogP contribution is 2.19. The van der Waals surface area contributed by atoms with Gasteiger partial charge < -0.3 is 20.5 Å². The van der Waals surface area contributed by atoms with Crippen LogP contribution >= 0.6 is 0 Å². The Bertz CT molecular complexity index is 1380. The van der Waals surface area contributed by atoms with Crippen molar-refractivity contribution in [3.8, 4) is 0 Å². The number of methoxy groups -OCH3 is 1. The van der Waals surface area contributed by atoms with Gasteiger partial charge in [-0.05, 0) is 65.9 Å². The predicted molar refractivity (Wildman–Crippen MR) is 155 cm³/mol. The predicted octanol–water partition coefficient (Wildman–Crippen LogP) is 3.43. The van der Waals surface area contributed by atoms with E-state index in [0.29, 0.717) is 12.2 Å². The lowest BCUT2D eigenvalue weighted by Crippen LogP contribution is -2.48. The molecule has 1 amide bonds. The van der Waals surface area contributed by atoms with Gasteiger partial charge in [-0.25, -0.2) is 17.2 Å². The number of hydrogen-bond acceptors (Lipinski definition) is 6. The molecule has 8 nitrogen and oxygen atoms in total. The number of sulfonamides is 1. The van der Waals surface area contributed by atoms with E-state index >= 15 is 0 Å². The number of aliphatic hydroxyl groups is 1. The molecule has 222 valence electrons. The number of anilines is 1. The number of ether oxygens (including phenoxy) is 1. The van der Waals surface area contributed by atoms with Gasteiger partial charge >= 0.3 is 0 Å². The van der Waals surface area contributed by atoms with E-state index in [1.54, 1.807) is 0 Å². The lowest BCUT2D eigenvalue weighted by Gasteiger charge is -2.25. The molecule has 2 atom stereocenters. The van der Waals surface area contributed by atoms with E-state index in [1.165, 1.54) is 41.2 Å². The quantitative estimate of drug-likeness (QED) is 0.251. The molecule has 0 heterocycles. The fraction of sp³-hybridized carbons (Fsp3) is 0.367. The minimum Gasteiger partial charge on any atom is -0.390 e. The molecule has 0 spiro atoms. The number of benzene rings is 3. The maximum Gasteiger partial charge on any atom is 0.251 e. The Labute approximate surface area is 240 Å². The van der Waals surface area contributed by atoms with E-state index in [1.807, 2.05) is 18.2 Å². The summed E-state index contributed by atoms with van der Waals surface area (Å²) in [5, 5.41) is 17.0. The molecule has 0 bridgehead atoms. The maximum atomic E-state index is 13.9. The Balaban J connectivity index is 1.75. The molecule has 11 heteroatoms. The van der Waals surface area contributed by atoms with Crippen LogP contribution in [0.3, 0.4) is 0 Å². The lowest BCUT2D eigenvalue weighted by atomic mass is 10.00. The van der Waals surface area contributed by atoms with E-state index in [4.69, 9.17) is 4.74 Å². The summed E-state index contributed by atoms with van der Waals surface area (Å²) in [6.07, 6.45) is 0.869. The number of nitrogens with one attached hydrogen (secondary N) is 2. The van der Waals surface area contributed by atoms with E-state index in [0.717, 1.165) is 36.4 Å². The molecule has 0 saturated carbocycles. The molecule has 3 aromatic rings. The molecule has 0 aliphatic carbocycles. The highest BCUT2D eigenvalue weighted by molar-refractivity contribution is 7.92. The average Bonchev–Trinajstić information content (AvgIpc) is 2.92. The van der Waals surface area contributed by atoms with E-state index in [-0.39, 0.29) is 37.2 Å². The minimum atomic E-state index is -3.58. The zero-order valence-electron chi connectivity index (χ0n) is 23.4. The fourth-order valence-corrected chi connectivity index (χ4v) is 5.33. The van der Waals surface area contributed by atoms with Gasteiger partial charge in [-0.3, -0.25) is 9.10 Å². The van der Waals surface area contributed by atoms with Crippen molar-refractivity contribution >= 4 is 21.6 Å². The van der Waals surface area contributed by atoms with Crippen LogP contribution in [0.5, 0.6) is 0 Å². The van der Waals surface area contributed by atoms with Crippen molar-refractivity contribution in [2.24, 2.45) is 0 Å². The smallest absolute Gasteiger partial charge is 0.251 e. The first-order valence-corrected chi connectivity index (χ1v) is 15.1. The van der Waals surface area contributed by atoms with Crippen LogP contribution in [0.4, 0.5) is 14.5 Å². The molecule has 3 rings (SSSR count). The number of rotatable bonds is 15. The summed E-state index contributed by atoms with van der Waals surface area (Å²) in [4.78, 5) is 13.2. The van der Waals surface area contributed by atoms with Crippen LogP contribution < -0.4 is 14.9 Å². The molecule has 41 heavy (non-hydrogen) atoms. The summed E-state index contributed by atoms with van der Waals surface area (Å²) >= 11 is 0. The average molecular weight is 590 g/mol. The molecule has 0 fully saturated rings. The van der Waals surface area contributed by atoms with Crippen LogP contribution in [0.1, 0.15) is 34.0 Å². The van der Waals surface area contributed by atoms with Crippen LogP contribution in [0.15, 0.2) is 66.7 Å². The monoisotopic (exact) mass is 589 g/mol. The van der Waals surface area contributed by atoms with Gasteiger partial charge in [-0.1, -0.05) is 31.2 Å². The Kier molecular flexibility index (Phi) is 11.8. The van der Waals surface area contributed by atoms with Crippen molar-refractivity contribution in [2.45, 2.75) is 38.5 Å². The lowest BCUT2D eigenvalue weighted by molar-refractivity contribution is 0.0830. The number of aliphatic hydroxyl groups excluding tert-OH is 1. The molecular formula is C30H37F2N3O5S. The van der Waals surface area contributed by atoms with Gasteiger partial charge in [0, 0.05) is 31.8 Å². The SMILES string of the molecule is CCc1cccc(CNCC(O)C(Cc2cc(F)cc(F)c2)NC(=O)c2ccc(N(CCOC)S(C)(=O)=O)cc2)c1. The van der Waals surface area contributed by atoms with Crippen molar-refractivity contribution in [1.29, 1.82) is 0 Å². The van der Waals surface area contributed by atoms with Gasteiger partial charge in [0.25, 0.3) is 5.91 Å². The van der Waals surface area contributed by atoms with Gasteiger partial charge in [0.2, 0.25) is 10.0 Å². The van der Waals surface area contributed by atoms with Gasteiger partial charge in [0.1, 0.15) is 11.6 Å². The maximum absolute atomic E-state index is 13.9. The normalized spacial score (nSPS) is 13.0.